The highest BCUT2D eigenvalue weighted by molar-refractivity contribution is 5.98. The zero-order valence-electron chi connectivity index (χ0n) is 15.7. The van der Waals surface area contributed by atoms with Crippen molar-refractivity contribution in [3.63, 3.8) is 0 Å². The number of rotatable bonds is 7. The fourth-order valence-corrected chi connectivity index (χ4v) is 2.95. The molecule has 1 aromatic rings. The molecular formula is C19H23N3O6. The molecule has 0 bridgehead atoms. The molecule has 2 rings (SSSR count). The van der Waals surface area contributed by atoms with E-state index in [2.05, 4.69) is 16.7 Å². The van der Waals surface area contributed by atoms with Crippen molar-refractivity contribution < 1.29 is 24.0 Å². The Morgan fingerprint density at radius 2 is 2.04 bits per heavy atom. The molecule has 1 aliphatic rings. The van der Waals surface area contributed by atoms with Crippen LogP contribution >= 0.6 is 0 Å². The van der Waals surface area contributed by atoms with Crippen LogP contribution in [-0.4, -0.2) is 36.0 Å². The largest absolute Gasteiger partial charge is 0.452 e. The van der Waals surface area contributed by atoms with Crippen LogP contribution in [0.2, 0.25) is 0 Å². The van der Waals surface area contributed by atoms with Crippen LogP contribution in [0.1, 0.15) is 48.0 Å². The highest BCUT2D eigenvalue weighted by atomic mass is 16.6. The van der Waals surface area contributed by atoms with Crippen molar-refractivity contribution in [3.8, 4) is 0 Å². The van der Waals surface area contributed by atoms with E-state index in [4.69, 9.17) is 4.74 Å². The molecule has 0 unspecified atom stereocenters. The standard InChI is InChI=1S/C19H23N3O6/c1-13-6-5-9-15(17(13)22(26)27)18(24)28-12-16(23)21-19(25)20-11-10-14-7-3-2-4-8-14/h5-7,9H,2-4,8,10-12H2,1H3,(H2,20,21,23,25). The summed E-state index contributed by atoms with van der Waals surface area (Å²) in [5, 5.41) is 15.7. The second kappa shape index (κ2) is 10.2. The van der Waals surface area contributed by atoms with E-state index in [9.17, 15) is 24.5 Å². The lowest BCUT2D eigenvalue weighted by molar-refractivity contribution is -0.385. The van der Waals surface area contributed by atoms with E-state index in [-0.39, 0.29) is 11.3 Å². The minimum Gasteiger partial charge on any atom is -0.452 e. The predicted octanol–water partition coefficient (Wildman–Crippen LogP) is 2.78. The maximum Gasteiger partial charge on any atom is 0.345 e. The lowest BCUT2D eigenvalue weighted by atomic mass is 9.97. The molecule has 0 aliphatic heterocycles. The van der Waals surface area contributed by atoms with Crippen molar-refractivity contribution in [2.75, 3.05) is 13.2 Å². The normalized spacial score (nSPS) is 13.2. The smallest absolute Gasteiger partial charge is 0.345 e. The van der Waals surface area contributed by atoms with Crippen LogP contribution in [0.25, 0.3) is 0 Å². The van der Waals surface area contributed by atoms with E-state index in [0.29, 0.717) is 12.1 Å². The SMILES string of the molecule is Cc1cccc(C(=O)OCC(=O)NC(=O)NCCC2=CCCCC2)c1[N+](=O)[O-]. The molecule has 1 aromatic carbocycles. The molecule has 0 spiro atoms. The van der Waals surface area contributed by atoms with Crippen molar-refractivity contribution >= 4 is 23.6 Å². The highest BCUT2D eigenvalue weighted by Crippen LogP contribution is 2.23. The van der Waals surface area contributed by atoms with Crippen molar-refractivity contribution in [2.24, 2.45) is 0 Å². The van der Waals surface area contributed by atoms with Gasteiger partial charge in [-0.15, -0.1) is 0 Å². The average molecular weight is 389 g/mol. The summed E-state index contributed by atoms with van der Waals surface area (Å²) >= 11 is 0. The number of benzene rings is 1. The summed E-state index contributed by atoms with van der Waals surface area (Å²) in [7, 11) is 0. The third kappa shape index (κ3) is 6.19. The van der Waals surface area contributed by atoms with Gasteiger partial charge in [-0.05, 0) is 45.1 Å². The molecule has 0 fully saturated rings. The van der Waals surface area contributed by atoms with Crippen LogP contribution in [-0.2, 0) is 9.53 Å². The Balaban J connectivity index is 1.76. The lowest BCUT2D eigenvalue weighted by Crippen LogP contribution is -2.41. The minimum atomic E-state index is -1.00. The minimum absolute atomic E-state index is 0.247. The zero-order valence-corrected chi connectivity index (χ0v) is 15.7. The molecule has 150 valence electrons. The number of nitrogens with one attached hydrogen (secondary N) is 2. The number of para-hydroxylation sites is 1. The lowest BCUT2D eigenvalue weighted by Gasteiger charge is -2.13. The molecule has 0 saturated carbocycles. The van der Waals surface area contributed by atoms with Crippen molar-refractivity contribution in [2.45, 2.75) is 39.0 Å². The van der Waals surface area contributed by atoms with Crippen LogP contribution in [0, 0.1) is 17.0 Å². The first-order valence-corrected chi connectivity index (χ1v) is 9.05. The number of ether oxygens (including phenoxy) is 1. The summed E-state index contributed by atoms with van der Waals surface area (Å²) < 4.78 is 4.79. The van der Waals surface area contributed by atoms with Gasteiger partial charge in [0, 0.05) is 12.1 Å². The van der Waals surface area contributed by atoms with Crippen LogP contribution in [0.15, 0.2) is 29.8 Å². The maximum absolute atomic E-state index is 12.0. The quantitative estimate of drug-likeness (QED) is 0.319. The second-order valence-electron chi connectivity index (χ2n) is 6.47. The molecule has 0 heterocycles. The topological polar surface area (TPSA) is 128 Å². The Kier molecular flexibility index (Phi) is 7.67. The van der Waals surface area contributed by atoms with Crippen LogP contribution in [0.5, 0.6) is 0 Å². The van der Waals surface area contributed by atoms with E-state index in [1.165, 1.54) is 37.1 Å². The Labute approximate surface area is 162 Å². The second-order valence-corrected chi connectivity index (χ2v) is 6.47. The number of urea groups is 1. The Hall–Kier alpha value is -3.23. The number of carbonyl (C=O) groups is 3. The summed E-state index contributed by atoms with van der Waals surface area (Å²) in [5.74, 6) is -1.83. The van der Waals surface area contributed by atoms with Crippen LogP contribution in [0.3, 0.4) is 0 Å². The molecule has 0 radical (unpaired) electrons. The number of hydrogen-bond acceptors (Lipinski definition) is 6. The van der Waals surface area contributed by atoms with Gasteiger partial charge in [0.15, 0.2) is 6.61 Å². The number of allylic oxidation sites excluding steroid dienone is 1. The van der Waals surface area contributed by atoms with Crippen LogP contribution in [0.4, 0.5) is 10.5 Å². The first kappa shape index (κ1) is 21.1. The van der Waals surface area contributed by atoms with Crippen molar-refractivity contribution in [3.05, 3.63) is 51.1 Å². The van der Waals surface area contributed by atoms with Crippen molar-refractivity contribution in [1.82, 2.24) is 10.6 Å². The van der Waals surface area contributed by atoms with Gasteiger partial charge >= 0.3 is 12.0 Å². The summed E-state index contributed by atoms with van der Waals surface area (Å²) in [6.07, 6.45) is 7.34. The Bertz CT molecular complexity index is 803. The Morgan fingerprint density at radius 1 is 1.25 bits per heavy atom. The van der Waals surface area contributed by atoms with Gasteiger partial charge in [0.05, 0.1) is 4.92 Å². The molecular weight excluding hydrogens is 366 g/mol. The fraction of sp³-hybridized carbons (Fsp3) is 0.421. The van der Waals surface area contributed by atoms with E-state index < -0.39 is 29.4 Å². The summed E-state index contributed by atoms with van der Waals surface area (Å²) in [6.45, 7) is 1.18. The van der Waals surface area contributed by atoms with E-state index in [1.807, 2.05) is 0 Å². The number of hydrogen-bond donors (Lipinski definition) is 2. The van der Waals surface area contributed by atoms with Gasteiger partial charge in [-0.25, -0.2) is 9.59 Å². The number of carbonyl (C=O) groups excluding carboxylic acids is 3. The van der Waals surface area contributed by atoms with E-state index in [0.717, 1.165) is 25.7 Å². The average Bonchev–Trinajstić information content (AvgIpc) is 2.66. The molecule has 28 heavy (non-hydrogen) atoms. The van der Waals surface area contributed by atoms with E-state index in [1.54, 1.807) is 0 Å². The third-order valence-electron chi connectivity index (χ3n) is 4.34. The van der Waals surface area contributed by atoms with Gasteiger partial charge < -0.3 is 10.1 Å². The number of nitrogens with zero attached hydrogens (tertiary/aromatic N) is 1. The van der Waals surface area contributed by atoms with Gasteiger partial charge in [0.25, 0.3) is 11.6 Å². The first-order chi connectivity index (χ1) is 13.4. The fourth-order valence-electron chi connectivity index (χ4n) is 2.95. The molecule has 0 atom stereocenters. The number of aryl methyl sites for hydroxylation is 1. The predicted molar refractivity (Wildman–Crippen MR) is 101 cm³/mol. The number of nitro benzene ring substituents is 1. The number of imide groups is 1. The van der Waals surface area contributed by atoms with Crippen LogP contribution < -0.4 is 10.6 Å². The molecule has 9 heteroatoms. The molecule has 2 N–H and O–H groups in total. The summed E-state index contributed by atoms with van der Waals surface area (Å²) in [4.78, 5) is 45.9. The summed E-state index contributed by atoms with van der Waals surface area (Å²) in [5.41, 5.74) is 0.980. The van der Waals surface area contributed by atoms with Crippen molar-refractivity contribution in [1.29, 1.82) is 0 Å². The van der Waals surface area contributed by atoms with Gasteiger partial charge in [0.1, 0.15) is 5.56 Å². The molecule has 9 nitrogen and oxygen atoms in total. The molecule has 1 aliphatic carbocycles. The first-order valence-electron chi connectivity index (χ1n) is 9.05. The van der Waals surface area contributed by atoms with Gasteiger partial charge in [-0.3, -0.25) is 20.2 Å². The maximum atomic E-state index is 12.0. The Morgan fingerprint density at radius 3 is 2.71 bits per heavy atom. The zero-order chi connectivity index (χ0) is 20.5. The van der Waals surface area contributed by atoms with E-state index >= 15 is 0 Å². The van der Waals surface area contributed by atoms with Gasteiger partial charge in [-0.1, -0.05) is 23.8 Å². The number of nitro groups is 1. The summed E-state index contributed by atoms with van der Waals surface area (Å²) in [6, 6.07) is 3.54. The highest BCUT2D eigenvalue weighted by Gasteiger charge is 2.24. The number of amides is 3. The monoisotopic (exact) mass is 389 g/mol. The number of esters is 1. The van der Waals surface area contributed by atoms with Gasteiger partial charge in [-0.2, -0.15) is 0 Å². The molecule has 0 aromatic heterocycles. The van der Waals surface area contributed by atoms with Gasteiger partial charge in [0.2, 0.25) is 0 Å². The molecule has 3 amide bonds. The third-order valence-corrected chi connectivity index (χ3v) is 4.34. The molecule has 0 saturated heterocycles.